The number of hydrogen-bond donors (Lipinski definition) is 1. The Morgan fingerprint density at radius 1 is 0.800 bits per heavy atom. The van der Waals surface area contributed by atoms with Crippen LogP contribution in [0.1, 0.15) is 13.8 Å². The lowest BCUT2D eigenvalue weighted by Gasteiger charge is -2.13. The van der Waals surface area contributed by atoms with Crippen molar-refractivity contribution in [2.45, 2.75) is 20.0 Å². The van der Waals surface area contributed by atoms with Gasteiger partial charge in [0.15, 0.2) is 0 Å². The molecule has 25 heavy (non-hydrogen) atoms. The van der Waals surface area contributed by atoms with Crippen LogP contribution in [0.3, 0.4) is 0 Å². The Labute approximate surface area is 147 Å². The molecule has 0 aliphatic carbocycles. The third-order valence-corrected chi connectivity index (χ3v) is 2.47. The van der Waals surface area contributed by atoms with Crippen molar-refractivity contribution in [1.29, 1.82) is 0 Å². The quantitative estimate of drug-likeness (QED) is 0.327. The number of ether oxygens (including phenoxy) is 7. The maximum atomic E-state index is 11.2. The van der Waals surface area contributed by atoms with Gasteiger partial charge in [-0.15, -0.1) is 0 Å². The van der Waals surface area contributed by atoms with Gasteiger partial charge in [0.25, 0.3) is 0 Å². The Bertz CT molecular complexity index is 336. The molecule has 1 atom stereocenters. The van der Waals surface area contributed by atoms with E-state index >= 15 is 0 Å². The fourth-order valence-corrected chi connectivity index (χ4v) is 1.40. The van der Waals surface area contributed by atoms with Crippen molar-refractivity contribution in [2.24, 2.45) is 0 Å². The van der Waals surface area contributed by atoms with Gasteiger partial charge in [-0.05, 0) is 13.8 Å². The first-order valence-corrected chi connectivity index (χ1v) is 8.07. The van der Waals surface area contributed by atoms with Crippen LogP contribution in [0.2, 0.25) is 0 Å². The van der Waals surface area contributed by atoms with Crippen LogP contribution in [-0.2, 0) is 33.2 Å². The predicted molar refractivity (Wildman–Crippen MR) is 84.4 cm³/mol. The Kier molecular flexibility index (Phi) is 16.1. The van der Waals surface area contributed by atoms with Crippen LogP contribution in [0, 0.1) is 0 Å². The maximum Gasteiger partial charge on any atom is 0.508 e. The monoisotopic (exact) mass is 368 g/mol. The summed E-state index contributed by atoms with van der Waals surface area (Å²) in [5.41, 5.74) is 0. The van der Waals surface area contributed by atoms with E-state index in [1.54, 1.807) is 6.92 Å². The van der Waals surface area contributed by atoms with E-state index in [9.17, 15) is 9.59 Å². The average Bonchev–Trinajstić information content (AvgIpc) is 2.60. The highest BCUT2D eigenvalue weighted by molar-refractivity contribution is 5.60. The Morgan fingerprint density at radius 3 is 1.88 bits per heavy atom. The van der Waals surface area contributed by atoms with Crippen molar-refractivity contribution in [3.63, 3.8) is 0 Å². The van der Waals surface area contributed by atoms with Crippen LogP contribution < -0.4 is 0 Å². The van der Waals surface area contributed by atoms with E-state index in [1.165, 1.54) is 0 Å². The molecular formula is C15H28O10. The molecule has 0 rings (SSSR count). The van der Waals surface area contributed by atoms with Gasteiger partial charge in [-0.25, -0.2) is 9.59 Å². The molecule has 0 saturated carbocycles. The summed E-state index contributed by atoms with van der Waals surface area (Å²) in [7, 11) is 0. The molecule has 0 aromatic heterocycles. The number of aliphatic hydroxyl groups is 1. The van der Waals surface area contributed by atoms with Crippen LogP contribution >= 0.6 is 0 Å². The van der Waals surface area contributed by atoms with Crippen LogP contribution in [0.5, 0.6) is 0 Å². The third kappa shape index (κ3) is 17.0. The molecular weight excluding hydrogens is 340 g/mol. The van der Waals surface area contributed by atoms with Crippen molar-refractivity contribution < 1.29 is 47.9 Å². The Morgan fingerprint density at radius 2 is 1.32 bits per heavy atom. The first-order valence-electron chi connectivity index (χ1n) is 8.07. The van der Waals surface area contributed by atoms with Crippen LogP contribution in [0.4, 0.5) is 9.59 Å². The summed E-state index contributed by atoms with van der Waals surface area (Å²) < 4.78 is 34.4. The normalized spacial score (nSPS) is 11.6. The second-order valence-corrected chi connectivity index (χ2v) is 4.57. The second kappa shape index (κ2) is 17.2. The van der Waals surface area contributed by atoms with Gasteiger partial charge in [0, 0.05) is 6.61 Å². The van der Waals surface area contributed by atoms with Gasteiger partial charge in [0.1, 0.15) is 26.4 Å². The van der Waals surface area contributed by atoms with E-state index < -0.39 is 12.3 Å². The molecule has 0 heterocycles. The maximum absolute atomic E-state index is 11.2. The van der Waals surface area contributed by atoms with Gasteiger partial charge in [0.2, 0.25) is 0 Å². The topological polar surface area (TPSA) is 119 Å². The minimum atomic E-state index is -0.854. The van der Waals surface area contributed by atoms with Crippen molar-refractivity contribution in [1.82, 2.24) is 0 Å². The molecule has 0 amide bonds. The number of carbonyl (C=O) groups is 2. The summed E-state index contributed by atoms with van der Waals surface area (Å²) >= 11 is 0. The lowest BCUT2D eigenvalue weighted by Crippen LogP contribution is -2.22. The summed E-state index contributed by atoms with van der Waals surface area (Å²) in [5, 5.41) is 8.45. The first-order chi connectivity index (χ1) is 12.1. The lowest BCUT2D eigenvalue weighted by atomic mass is 10.4. The zero-order valence-electron chi connectivity index (χ0n) is 14.8. The van der Waals surface area contributed by atoms with E-state index in [1.807, 2.05) is 6.92 Å². The summed E-state index contributed by atoms with van der Waals surface area (Å²) in [6.07, 6.45) is -1.84. The zero-order chi connectivity index (χ0) is 18.8. The van der Waals surface area contributed by atoms with Crippen LogP contribution in [-0.4, -0.2) is 89.6 Å². The van der Waals surface area contributed by atoms with Crippen molar-refractivity contribution in [3.8, 4) is 0 Å². The highest BCUT2D eigenvalue weighted by Crippen LogP contribution is 1.94. The molecule has 148 valence electrons. The fraction of sp³-hybridized carbons (Fsp3) is 0.867. The third-order valence-electron chi connectivity index (χ3n) is 2.47. The van der Waals surface area contributed by atoms with E-state index in [0.717, 1.165) is 0 Å². The molecule has 10 nitrogen and oxygen atoms in total. The second-order valence-electron chi connectivity index (χ2n) is 4.57. The zero-order valence-corrected chi connectivity index (χ0v) is 14.8. The lowest BCUT2D eigenvalue weighted by molar-refractivity contribution is -0.0393. The Hall–Kier alpha value is -1.62. The molecule has 0 radical (unpaired) electrons. The summed E-state index contributed by atoms with van der Waals surface area (Å²) in [4.78, 5) is 22.1. The van der Waals surface area contributed by atoms with Crippen molar-refractivity contribution in [3.05, 3.63) is 0 Å². The summed E-state index contributed by atoms with van der Waals surface area (Å²) in [6.45, 7) is 5.09. The fourth-order valence-electron chi connectivity index (χ4n) is 1.40. The molecule has 1 unspecified atom stereocenters. The largest absolute Gasteiger partial charge is 0.508 e. The molecule has 0 saturated heterocycles. The molecule has 10 heteroatoms. The summed E-state index contributed by atoms with van der Waals surface area (Å²) in [6, 6.07) is 0. The molecule has 0 spiro atoms. The van der Waals surface area contributed by atoms with Crippen molar-refractivity contribution in [2.75, 3.05) is 66.1 Å². The number of aliphatic hydroxyl groups excluding tert-OH is 1. The minimum Gasteiger partial charge on any atom is -0.432 e. The average molecular weight is 368 g/mol. The molecule has 1 N–H and O–H groups in total. The highest BCUT2D eigenvalue weighted by atomic mass is 16.7. The summed E-state index contributed by atoms with van der Waals surface area (Å²) in [5.74, 6) is 0. The van der Waals surface area contributed by atoms with Crippen molar-refractivity contribution >= 4 is 12.3 Å². The van der Waals surface area contributed by atoms with E-state index in [2.05, 4.69) is 9.47 Å². The van der Waals surface area contributed by atoms with Gasteiger partial charge in [-0.2, -0.15) is 0 Å². The number of rotatable bonds is 15. The van der Waals surface area contributed by atoms with Gasteiger partial charge in [-0.1, -0.05) is 0 Å². The Balaban J connectivity index is 3.39. The predicted octanol–water partition coefficient (Wildman–Crippen LogP) is 0.743. The standard InChI is InChI=1S/C15H28O10/c1-3-19-6-8-23-15(18)25-11-10-21-13(2)12-20-7-9-24-14(17)22-5-4-16/h13,16H,3-12H2,1-2H3. The van der Waals surface area contributed by atoms with E-state index in [0.29, 0.717) is 13.2 Å². The van der Waals surface area contributed by atoms with Gasteiger partial charge < -0.3 is 38.3 Å². The number of hydrogen-bond acceptors (Lipinski definition) is 10. The van der Waals surface area contributed by atoms with E-state index in [-0.39, 0.29) is 59.0 Å². The molecule has 0 bridgehead atoms. The molecule has 0 fully saturated rings. The van der Waals surface area contributed by atoms with Gasteiger partial charge in [0.05, 0.1) is 39.1 Å². The van der Waals surface area contributed by atoms with Crippen LogP contribution in [0.15, 0.2) is 0 Å². The van der Waals surface area contributed by atoms with Gasteiger partial charge >= 0.3 is 12.3 Å². The first kappa shape index (κ1) is 23.4. The van der Waals surface area contributed by atoms with Gasteiger partial charge in [-0.3, -0.25) is 0 Å². The SMILES string of the molecule is CCOCCOC(=O)OCCOC(C)COCCOC(=O)OCCO. The number of carbonyl (C=O) groups excluding carboxylic acids is 2. The van der Waals surface area contributed by atoms with E-state index in [4.69, 9.17) is 28.8 Å². The molecule has 0 aliphatic rings. The molecule has 0 aromatic carbocycles. The smallest absolute Gasteiger partial charge is 0.432 e. The molecule has 0 aromatic rings. The highest BCUT2D eigenvalue weighted by Gasteiger charge is 2.07. The minimum absolute atomic E-state index is 0.0354. The molecule has 0 aliphatic heterocycles. The van der Waals surface area contributed by atoms with Crippen LogP contribution in [0.25, 0.3) is 0 Å².